The molecule has 0 aliphatic rings. The quantitative estimate of drug-likeness (QED) is 0.600. The van der Waals surface area contributed by atoms with E-state index in [9.17, 15) is 8.78 Å². The molecule has 1 rings (SSSR count). The minimum atomic E-state index is -2.67. The topological polar surface area (TPSA) is 56.7 Å². The van der Waals surface area contributed by atoms with E-state index in [4.69, 9.17) is 5.84 Å². The number of nitrogens with zero attached hydrogens (tertiary/aromatic N) is 3. The summed E-state index contributed by atoms with van der Waals surface area (Å²) in [6.45, 7) is 1.98. The van der Waals surface area contributed by atoms with Crippen LogP contribution in [-0.4, -0.2) is 20.6 Å². The van der Waals surface area contributed by atoms with E-state index in [-0.39, 0.29) is 0 Å². The van der Waals surface area contributed by atoms with Crippen molar-refractivity contribution in [3.8, 4) is 0 Å². The van der Waals surface area contributed by atoms with Gasteiger partial charge in [0.25, 0.3) is 6.43 Å². The van der Waals surface area contributed by atoms with Gasteiger partial charge in [-0.2, -0.15) is 0 Å². The van der Waals surface area contributed by atoms with E-state index < -0.39 is 12.2 Å². The summed E-state index contributed by atoms with van der Waals surface area (Å²) < 4.78 is 25.1. The monoisotopic (exact) mass is 208 g/mol. The Balaban J connectivity index is 2.74. The maximum Gasteiger partial charge on any atom is 0.299 e. The fraction of sp³-hybridized carbons (Fsp3) is 0.667. The van der Waals surface area contributed by atoms with Crippen LogP contribution >= 0.6 is 11.8 Å². The number of aromatic nitrogens is 3. The van der Waals surface area contributed by atoms with E-state index in [0.29, 0.717) is 5.16 Å². The van der Waals surface area contributed by atoms with Crippen LogP contribution < -0.4 is 5.84 Å². The number of nitrogen functional groups attached to an aromatic ring is 1. The highest BCUT2D eigenvalue weighted by atomic mass is 32.2. The van der Waals surface area contributed by atoms with Crippen molar-refractivity contribution in [2.75, 3.05) is 11.6 Å². The van der Waals surface area contributed by atoms with Crippen molar-refractivity contribution in [2.24, 2.45) is 0 Å². The summed E-state index contributed by atoms with van der Waals surface area (Å²) >= 11 is 1.32. The summed E-state index contributed by atoms with van der Waals surface area (Å²) in [6, 6.07) is 0. The molecule has 1 heterocycles. The van der Waals surface area contributed by atoms with E-state index in [0.717, 1.165) is 16.8 Å². The molecule has 0 amide bonds. The molecule has 0 radical (unpaired) electrons. The Kier molecular flexibility index (Phi) is 3.47. The summed E-state index contributed by atoms with van der Waals surface area (Å²) in [5.74, 6) is 5.64. The minimum Gasteiger partial charge on any atom is -0.335 e. The van der Waals surface area contributed by atoms with Gasteiger partial charge in [0.2, 0.25) is 11.0 Å². The average molecular weight is 208 g/mol. The van der Waals surface area contributed by atoms with Gasteiger partial charge in [0.1, 0.15) is 0 Å². The summed E-state index contributed by atoms with van der Waals surface area (Å²) in [4.78, 5) is 0. The first-order valence-corrected chi connectivity index (χ1v) is 4.76. The summed E-state index contributed by atoms with van der Waals surface area (Å²) in [5.41, 5.74) is 0. The standard InChI is InChI=1S/C6H10F2N4S/c1-2-3-13-6-11-10-5(4(7)8)12(6)9/h4H,2-3,9H2,1H3. The van der Waals surface area contributed by atoms with Crippen molar-refractivity contribution >= 4 is 11.8 Å². The number of alkyl halides is 2. The molecule has 0 fully saturated rings. The van der Waals surface area contributed by atoms with Crippen LogP contribution in [0.1, 0.15) is 25.6 Å². The zero-order valence-electron chi connectivity index (χ0n) is 7.07. The highest BCUT2D eigenvalue weighted by Crippen LogP contribution is 2.20. The molecule has 74 valence electrons. The van der Waals surface area contributed by atoms with Crippen molar-refractivity contribution in [1.82, 2.24) is 14.9 Å². The Morgan fingerprint density at radius 2 is 2.23 bits per heavy atom. The molecule has 0 aliphatic heterocycles. The first-order chi connectivity index (χ1) is 6.16. The summed E-state index contributed by atoms with van der Waals surface area (Å²) in [6.07, 6.45) is -1.74. The van der Waals surface area contributed by atoms with Crippen LogP contribution in [0.15, 0.2) is 5.16 Å². The highest BCUT2D eigenvalue weighted by molar-refractivity contribution is 7.99. The maximum absolute atomic E-state index is 12.2. The minimum absolute atomic E-state index is 0.331. The molecule has 0 saturated heterocycles. The van der Waals surface area contributed by atoms with Gasteiger partial charge < -0.3 is 5.84 Å². The molecule has 0 atom stereocenters. The molecule has 4 nitrogen and oxygen atoms in total. The van der Waals surface area contributed by atoms with Crippen LogP contribution in [0.2, 0.25) is 0 Å². The summed E-state index contributed by atoms with van der Waals surface area (Å²) in [7, 11) is 0. The third kappa shape index (κ3) is 2.30. The van der Waals surface area contributed by atoms with Crippen LogP contribution in [0.4, 0.5) is 8.78 Å². The zero-order valence-corrected chi connectivity index (χ0v) is 7.89. The smallest absolute Gasteiger partial charge is 0.299 e. The number of hydrogen-bond acceptors (Lipinski definition) is 4. The lowest BCUT2D eigenvalue weighted by Gasteiger charge is -2.00. The second-order valence-corrected chi connectivity index (χ2v) is 3.42. The largest absolute Gasteiger partial charge is 0.335 e. The lowest BCUT2D eigenvalue weighted by Crippen LogP contribution is -2.14. The Labute approximate surface area is 78.5 Å². The maximum atomic E-state index is 12.2. The van der Waals surface area contributed by atoms with E-state index in [2.05, 4.69) is 10.2 Å². The average Bonchev–Trinajstić information content (AvgIpc) is 2.43. The molecule has 1 aromatic heterocycles. The number of nitrogens with two attached hydrogens (primary N) is 1. The van der Waals surface area contributed by atoms with Gasteiger partial charge in [0.15, 0.2) is 0 Å². The molecule has 0 unspecified atom stereocenters. The van der Waals surface area contributed by atoms with Gasteiger partial charge in [-0.3, -0.25) is 0 Å². The molecular formula is C6H10F2N4S. The van der Waals surface area contributed by atoms with Crippen molar-refractivity contribution in [3.05, 3.63) is 5.82 Å². The normalized spacial score (nSPS) is 11.1. The van der Waals surface area contributed by atoms with Crippen LogP contribution in [-0.2, 0) is 0 Å². The lowest BCUT2D eigenvalue weighted by molar-refractivity contribution is 0.136. The third-order valence-corrected chi connectivity index (χ3v) is 2.47. The predicted molar refractivity (Wildman–Crippen MR) is 46.1 cm³/mol. The van der Waals surface area contributed by atoms with Gasteiger partial charge in [-0.1, -0.05) is 18.7 Å². The van der Waals surface area contributed by atoms with Crippen LogP contribution in [0.25, 0.3) is 0 Å². The molecule has 7 heteroatoms. The van der Waals surface area contributed by atoms with E-state index >= 15 is 0 Å². The van der Waals surface area contributed by atoms with Gasteiger partial charge >= 0.3 is 0 Å². The van der Waals surface area contributed by atoms with Gasteiger partial charge in [0, 0.05) is 5.75 Å². The first kappa shape index (κ1) is 10.2. The molecular weight excluding hydrogens is 198 g/mol. The second-order valence-electron chi connectivity index (χ2n) is 2.36. The number of thioether (sulfide) groups is 1. The SMILES string of the molecule is CCCSc1nnc(C(F)F)n1N. The Bertz CT molecular complexity index is 276. The lowest BCUT2D eigenvalue weighted by atomic mass is 10.6. The Morgan fingerprint density at radius 3 is 2.69 bits per heavy atom. The van der Waals surface area contributed by atoms with E-state index in [1.165, 1.54) is 11.8 Å². The fourth-order valence-electron chi connectivity index (χ4n) is 0.729. The predicted octanol–water partition coefficient (Wildman–Crippen LogP) is 1.43. The molecule has 0 aliphatic carbocycles. The molecule has 13 heavy (non-hydrogen) atoms. The van der Waals surface area contributed by atoms with Gasteiger partial charge in [-0.15, -0.1) is 10.2 Å². The van der Waals surface area contributed by atoms with Crippen LogP contribution in [0.3, 0.4) is 0 Å². The molecule has 0 aromatic carbocycles. The van der Waals surface area contributed by atoms with Gasteiger partial charge in [-0.05, 0) is 6.42 Å². The third-order valence-electron chi connectivity index (χ3n) is 1.32. The van der Waals surface area contributed by atoms with Crippen LogP contribution in [0, 0.1) is 0 Å². The van der Waals surface area contributed by atoms with Crippen molar-refractivity contribution < 1.29 is 8.78 Å². The van der Waals surface area contributed by atoms with Gasteiger partial charge in [-0.25, -0.2) is 13.5 Å². The number of halogens is 2. The molecule has 1 aromatic rings. The van der Waals surface area contributed by atoms with Gasteiger partial charge in [0.05, 0.1) is 0 Å². The Morgan fingerprint density at radius 1 is 1.54 bits per heavy atom. The van der Waals surface area contributed by atoms with Crippen molar-refractivity contribution in [2.45, 2.75) is 24.9 Å². The van der Waals surface area contributed by atoms with Crippen molar-refractivity contribution in [1.29, 1.82) is 0 Å². The zero-order chi connectivity index (χ0) is 9.84. The number of rotatable bonds is 4. The van der Waals surface area contributed by atoms with E-state index in [1.807, 2.05) is 6.92 Å². The van der Waals surface area contributed by atoms with Crippen LogP contribution in [0.5, 0.6) is 0 Å². The Hall–Kier alpha value is -0.850. The highest BCUT2D eigenvalue weighted by Gasteiger charge is 2.17. The molecule has 2 N–H and O–H groups in total. The summed E-state index contributed by atoms with van der Waals surface area (Å²) in [5, 5.41) is 7.16. The van der Waals surface area contributed by atoms with Crippen molar-refractivity contribution in [3.63, 3.8) is 0 Å². The number of hydrogen-bond donors (Lipinski definition) is 1. The molecule has 0 saturated carbocycles. The molecule has 0 spiro atoms. The second kappa shape index (κ2) is 4.40. The van der Waals surface area contributed by atoms with E-state index in [1.54, 1.807) is 0 Å². The fourth-order valence-corrected chi connectivity index (χ4v) is 1.45. The molecule has 0 bridgehead atoms. The first-order valence-electron chi connectivity index (χ1n) is 3.78.